The summed E-state index contributed by atoms with van der Waals surface area (Å²) < 4.78 is 0. The summed E-state index contributed by atoms with van der Waals surface area (Å²) in [6.07, 6.45) is 0.382. The first-order valence-corrected chi connectivity index (χ1v) is 8.72. The van der Waals surface area contributed by atoms with Gasteiger partial charge in [0, 0.05) is 23.1 Å². The van der Waals surface area contributed by atoms with Gasteiger partial charge in [-0.2, -0.15) is 0 Å². The maximum absolute atomic E-state index is 11.8. The van der Waals surface area contributed by atoms with Crippen molar-refractivity contribution in [3.8, 4) is 0 Å². The summed E-state index contributed by atoms with van der Waals surface area (Å²) in [5, 5.41) is 6.60. The highest BCUT2D eigenvalue weighted by Crippen LogP contribution is 2.21. The Hall–Kier alpha value is -2.04. The van der Waals surface area contributed by atoms with Crippen LogP contribution >= 0.6 is 23.2 Å². The maximum Gasteiger partial charge on any atom is 0.229 e. The van der Waals surface area contributed by atoms with Gasteiger partial charge in [-0.05, 0) is 36.6 Å². The molecule has 0 saturated carbocycles. The number of carbonyl (C=O) groups is 2. The van der Waals surface area contributed by atoms with Gasteiger partial charge in [0.25, 0.3) is 0 Å². The number of carbonyl (C=O) groups excluding carboxylic acids is 2. The number of rotatable bonds is 7. The lowest BCUT2D eigenvalue weighted by molar-refractivity contribution is -0.129. The van der Waals surface area contributed by atoms with Gasteiger partial charge < -0.3 is 10.6 Å². The Balaban J connectivity index is 1.69. The van der Waals surface area contributed by atoms with E-state index in [1.54, 1.807) is 12.1 Å². The number of amides is 2. The zero-order chi connectivity index (χ0) is 18.2. The molecule has 132 valence electrons. The van der Waals surface area contributed by atoms with Crippen LogP contribution in [0, 0.1) is 6.92 Å². The third kappa shape index (κ3) is 6.77. The third-order valence-corrected chi connectivity index (χ3v) is 4.21. The van der Waals surface area contributed by atoms with Crippen molar-refractivity contribution in [2.75, 3.05) is 6.54 Å². The van der Waals surface area contributed by atoms with Crippen LogP contribution in [0.3, 0.4) is 0 Å². The Morgan fingerprint density at radius 3 is 2.48 bits per heavy atom. The fourth-order valence-electron chi connectivity index (χ4n) is 2.35. The molecule has 0 saturated heterocycles. The van der Waals surface area contributed by atoms with Gasteiger partial charge >= 0.3 is 0 Å². The monoisotopic (exact) mass is 378 g/mol. The van der Waals surface area contributed by atoms with Gasteiger partial charge in [-0.3, -0.25) is 9.59 Å². The number of nitrogens with one attached hydrogen (secondary N) is 2. The largest absolute Gasteiger partial charge is 0.355 e. The Labute approximate surface area is 157 Å². The summed E-state index contributed by atoms with van der Waals surface area (Å²) in [4.78, 5) is 23.7. The Kier molecular flexibility index (Phi) is 7.29. The van der Waals surface area contributed by atoms with E-state index in [4.69, 9.17) is 23.2 Å². The fraction of sp³-hybridized carbons (Fsp3) is 0.263. The molecule has 0 bridgehead atoms. The molecule has 0 radical (unpaired) electrons. The normalized spacial score (nSPS) is 10.4. The van der Waals surface area contributed by atoms with Gasteiger partial charge in [0.05, 0.1) is 0 Å². The van der Waals surface area contributed by atoms with Crippen molar-refractivity contribution in [3.63, 3.8) is 0 Å². The molecule has 0 spiro atoms. The second-order valence-corrected chi connectivity index (χ2v) is 6.62. The topological polar surface area (TPSA) is 58.2 Å². The average molecular weight is 379 g/mol. The molecule has 25 heavy (non-hydrogen) atoms. The zero-order valence-electron chi connectivity index (χ0n) is 13.9. The van der Waals surface area contributed by atoms with Crippen LogP contribution in [0.4, 0.5) is 0 Å². The van der Waals surface area contributed by atoms with Crippen molar-refractivity contribution in [2.45, 2.75) is 26.3 Å². The van der Waals surface area contributed by atoms with Gasteiger partial charge in [0.1, 0.15) is 6.42 Å². The molecule has 0 aliphatic heterocycles. The molecule has 2 amide bonds. The van der Waals surface area contributed by atoms with Crippen molar-refractivity contribution in [1.82, 2.24) is 10.6 Å². The van der Waals surface area contributed by atoms with E-state index in [2.05, 4.69) is 10.6 Å². The number of halogens is 2. The molecule has 2 rings (SSSR count). The molecule has 2 aromatic carbocycles. The number of benzene rings is 2. The highest BCUT2D eigenvalue weighted by molar-refractivity contribution is 6.35. The maximum atomic E-state index is 11.8. The number of hydrogen-bond donors (Lipinski definition) is 2. The molecule has 0 heterocycles. The zero-order valence-corrected chi connectivity index (χ0v) is 15.5. The van der Waals surface area contributed by atoms with Crippen molar-refractivity contribution in [2.24, 2.45) is 0 Å². The van der Waals surface area contributed by atoms with Crippen molar-refractivity contribution < 1.29 is 9.59 Å². The van der Waals surface area contributed by atoms with Crippen LogP contribution in [0.2, 0.25) is 10.0 Å². The molecular weight excluding hydrogens is 359 g/mol. The second-order valence-electron chi connectivity index (χ2n) is 5.78. The first kappa shape index (κ1) is 19.3. The summed E-state index contributed by atoms with van der Waals surface area (Å²) in [5.74, 6) is -0.615. The first-order chi connectivity index (χ1) is 11.9. The molecule has 0 aliphatic rings. The fourth-order valence-corrected chi connectivity index (χ4v) is 2.86. The standard InChI is InChI=1S/C19H20Cl2N2O2/c1-13-3-2-4-14(9-13)12-23-19(25)11-18(24)22-8-7-15-5-6-16(20)10-17(15)21/h2-6,9-10H,7-8,11-12H2,1H3,(H,22,24)(H,23,25). The molecule has 2 aromatic rings. The van der Waals surface area contributed by atoms with E-state index in [-0.39, 0.29) is 18.2 Å². The summed E-state index contributed by atoms with van der Waals surface area (Å²) in [6, 6.07) is 13.1. The van der Waals surface area contributed by atoms with Crippen LogP contribution in [0.1, 0.15) is 23.1 Å². The molecule has 0 aliphatic carbocycles. The quantitative estimate of drug-likeness (QED) is 0.722. The van der Waals surface area contributed by atoms with E-state index in [0.29, 0.717) is 29.6 Å². The van der Waals surface area contributed by atoms with Crippen LogP contribution in [-0.2, 0) is 22.6 Å². The SMILES string of the molecule is Cc1cccc(CNC(=O)CC(=O)NCCc2ccc(Cl)cc2Cl)c1. The minimum absolute atomic E-state index is 0.194. The van der Waals surface area contributed by atoms with E-state index in [0.717, 1.165) is 16.7 Å². The van der Waals surface area contributed by atoms with Gasteiger partial charge in [-0.25, -0.2) is 0 Å². The minimum Gasteiger partial charge on any atom is -0.355 e. The summed E-state index contributed by atoms with van der Waals surface area (Å²) in [5.41, 5.74) is 3.03. The molecule has 6 heteroatoms. The highest BCUT2D eigenvalue weighted by atomic mass is 35.5. The van der Waals surface area contributed by atoms with Crippen LogP contribution in [0.5, 0.6) is 0 Å². The van der Waals surface area contributed by atoms with Crippen LogP contribution in [0.15, 0.2) is 42.5 Å². The lowest BCUT2D eigenvalue weighted by atomic mass is 10.1. The lowest BCUT2D eigenvalue weighted by Crippen LogP contribution is -2.32. The van der Waals surface area contributed by atoms with Crippen molar-refractivity contribution in [1.29, 1.82) is 0 Å². The van der Waals surface area contributed by atoms with Crippen LogP contribution < -0.4 is 10.6 Å². The highest BCUT2D eigenvalue weighted by Gasteiger charge is 2.09. The molecule has 0 unspecified atom stereocenters. The summed E-state index contributed by atoms with van der Waals surface area (Å²) in [6.45, 7) is 2.81. The third-order valence-electron chi connectivity index (χ3n) is 3.62. The molecular formula is C19H20Cl2N2O2. The minimum atomic E-state index is -0.313. The Morgan fingerprint density at radius 2 is 1.76 bits per heavy atom. The first-order valence-electron chi connectivity index (χ1n) is 7.97. The van der Waals surface area contributed by atoms with E-state index < -0.39 is 0 Å². The molecule has 4 nitrogen and oxygen atoms in total. The smallest absolute Gasteiger partial charge is 0.229 e. The van der Waals surface area contributed by atoms with Crippen molar-refractivity contribution >= 4 is 35.0 Å². The predicted molar refractivity (Wildman–Crippen MR) is 101 cm³/mol. The molecule has 0 atom stereocenters. The second kappa shape index (κ2) is 9.44. The number of aryl methyl sites for hydroxylation is 1. The molecule has 2 N–H and O–H groups in total. The lowest BCUT2D eigenvalue weighted by Gasteiger charge is -2.08. The van der Waals surface area contributed by atoms with E-state index in [9.17, 15) is 9.59 Å². The Morgan fingerprint density at radius 1 is 1.00 bits per heavy atom. The summed E-state index contributed by atoms with van der Waals surface area (Å²) in [7, 11) is 0. The van der Waals surface area contributed by atoms with Crippen LogP contribution in [-0.4, -0.2) is 18.4 Å². The van der Waals surface area contributed by atoms with E-state index in [1.165, 1.54) is 0 Å². The van der Waals surface area contributed by atoms with Gasteiger partial charge in [0.15, 0.2) is 0 Å². The predicted octanol–water partition coefficient (Wildman–Crippen LogP) is 3.67. The van der Waals surface area contributed by atoms with Gasteiger partial charge in [-0.1, -0.05) is 59.1 Å². The van der Waals surface area contributed by atoms with Gasteiger partial charge in [0.2, 0.25) is 11.8 Å². The van der Waals surface area contributed by atoms with E-state index in [1.807, 2.05) is 37.3 Å². The van der Waals surface area contributed by atoms with Crippen LogP contribution in [0.25, 0.3) is 0 Å². The molecule has 0 fully saturated rings. The Bertz CT molecular complexity index is 763. The van der Waals surface area contributed by atoms with Gasteiger partial charge in [-0.15, -0.1) is 0 Å². The van der Waals surface area contributed by atoms with E-state index >= 15 is 0 Å². The average Bonchev–Trinajstić information content (AvgIpc) is 2.55. The molecule has 0 aromatic heterocycles. The summed E-state index contributed by atoms with van der Waals surface area (Å²) >= 11 is 11.9. The number of hydrogen-bond acceptors (Lipinski definition) is 2. The van der Waals surface area contributed by atoms with Crippen molar-refractivity contribution in [3.05, 3.63) is 69.2 Å².